The van der Waals surface area contributed by atoms with Crippen molar-refractivity contribution in [3.63, 3.8) is 0 Å². The van der Waals surface area contributed by atoms with Crippen LogP contribution in [0.5, 0.6) is 0 Å². The Morgan fingerprint density at radius 1 is 0.824 bits per heavy atom. The topological polar surface area (TPSA) is 17.0 Å². The molecule has 0 bridgehead atoms. The number of para-hydroxylation sites is 2. The lowest BCUT2D eigenvalue weighted by molar-refractivity contribution is -0.660. The summed E-state index contributed by atoms with van der Waals surface area (Å²) in [6.07, 6.45) is 6.67. The molecule has 6 rings (SSSR count). The fraction of sp³-hybridized carbons (Fsp3) is 0.281. The summed E-state index contributed by atoms with van der Waals surface area (Å²) in [6.45, 7) is -0.236. The van der Waals surface area contributed by atoms with Gasteiger partial charge in [0, 0.05) is 44.6 Å². The first kappa shape index (κ1) is 17.1. The molecule has 1 aliphatic rings. The van der Waals surface area contributed by atoms with Gasteiger partial charge in [0.25, 0.3) is 0 Å². The zero-order valence-corrected chi connectivity index (χ0v) is 19.8. The summed E-state index contributed by atoms with van der Waals surface area (Å²) >= 11 is 0. The van der Waals surface area contributed by atoms with Crippen LogP contribution in [0.2, 0.25) is 0 Å². The second-order valence-electron chi connectivity index (χ2n) is 9.54. The normalized spacial score (nSPS) is 17.8. The minimum Gasteiger partial charge on any atom is -0.455 e. The Labute approximate surface area is 207 Å². The van der Waals surface area contributed by atoms with E-state index in [1.807, 2.05) is 60.1 Å². The van der Waals surface area contributed by atoms with Gasteiger partial charge in [-0.3, -0.25) is 0 Å². The Morgan fingerprint density at radius 2 is 1.56 bits per heavy atom. The van der Waals surface area contributed by atoms with Crippen LogP contribution in [0.4, 0.5) is 0 Å². The molecule has 0 saturated heterocycles. The van der Waals surface area contributed by atoms with Crippen molar-refractivity contribution in [1.29, 1.82) is 0 Å². The SMILES string of the molecule is [2H]C([2H])([2H])c1c[n+](C)c(-c2ccccc2C)cc1-c1cccc2c1oc1c(C3([2H])CCCCC3)cccc12. The second kappa shape index (κ2) is 8.43. The fourth-order valence-electron chi connectivity index (χ4n) is 5.56. The van der Waals surface area contributed by atoms with Crippen molar-refractivity contribution in [2.45, 2.75) is 51.8 Å². The summed E-state index contributed by atoms with van der Waals surface area (Å²) < 4.78 is 42.9. The maximum atomic E-state index is 9.28. The molecule has 1 fully saturated rings. The van der Waals surface area contributed by atoms with Gasteiger partial charge in [-0.25, -0.2) is 4.57 Å². The number of fused-ring (bicyclic) bond motifs is 3. The monoisotopic (exact) mass is 450 g/mol. The quantitative estimate of drug-likeness (QED) is 0.252. The number of pyridine rings is 1. The molecule has 170 valence electrons. The van der Waals surface area contributed by atoms with Crippen LogP contribution in [0.1, 0.15) is 60.2 Å². The summed E-state index contributed by atoms with van der Waals surface area (Å²) in [5.41, 5.74) is 7.17. The molecule has 0 N–H and O–H groups in total. The van der Waals surface area contributed by atoms with E-state index in [-0.39, 0.29) is 5.56 Å². The largest absolute Gasteiger partial charge is 0.455 e. The zero-order valence-electron chi connectivity index (χ0n) is 23.8. The lowest BCUT2D eigenvalue weighted by Crippen LogP contribution is -2.31. The summed E-state index contributed by atoms with van der Waals surface area (Å²) in [7, 11) is 1.90. The van der Waals surface area contributed by atoms with Crippen LogP contribution >= 0.6 is 0 Å². The third kappa shape index (κ3) is 3.44. The van der Waals surface area contributed by atoms with Crippen LogP contribution < -0.4 is 4.57 Å². The maximum absolute atomic E-state index is 9.28. The highest BCUT2D eigenvalue weighted by atomic mass is 16.3. The van der Waals surface area contributed by atoms with E-state index in [1.54, 1.807) is 6.20 Å². The fourth-order valence-corrected chi connectivity index (χ4v) is 5.56. The molecule has 0 spiro atoms. The van der Waals surface area contributed by atoms with E-state index in [4.69, 9.17) is 8.53 Å². The standard InChI is InChI=1S/C32H32NO/c1-21-11-7-8-14-24(21)30-19-29(22(2)20-33(30)3)28-18-10-17-27-26-16-9-15-25(31(26)34-32(27)28)23-12-5-4-6-13-23/h7-11,14-20,23H,4-6,12-13H2,1-3H3/q+1/i2D3,23D. The third-order valence-corrected chi connectivity index (χ3v) is 7.35. The highest BCUT2D eigenvalue weighted by molar-refractivity contribution is 6.10. The van der Waals surface area contributed by atoms with Gasteiger partial charge in [0.2, 0.25) is 5.69 Å². The van der Waals surface area contributed by atoms with E-state index in [2.05, 4.69) is 25.1 Å². The van der Waals surface area contributed by atoms with Gasteiger partial charge in [-0.2, -0.15) is 0 Å². The minimum absolute atomic E-state index is 0.287. The number of hydrogen-bond acceptors (Lipinski definition) is 1. The number of benzene rings is 3. The molecular formula is C32H32NO+. The maximum Gasteiger partial charge on any atom is 0.213 e. The van der Waals surface area contributed by atoms with Crippen LogP contribution in [-0.2, 0) is 7.05 Å². The van der Waals surface area contributed by atoms with Crippen molar-refractivity contribution in [2.24, 2.45) is 7.05 Å². The molecule has 3 aromatic carbocycles. The molecule has 0 unspecified atom stereocenters. The molecule has 1 aliphatic carbocycles. The van der Waals surface area contributed by atoms with Crippen molar-refractivity contribution in [1.82, 2.24) is 0 Å². The highest BCUT2D eigenvalue weighted by Gasteiger charge is 2.23. The molecule has 2 heteroatoms. The van der Waals surface area contributed by atoms with Gasteiger partial charge in [-0.15, -0.1) is 0 Å². The van der Waals surface area contributed by atoms with Crippen molar-refractivity contribution in [3.05, 3.63) is 89.6 Å². The molecule has 34 heavy (non-hydrogen) atoms. The van der Waals surface area contributed by atoms with Crippen LogP contribution in [0.25, 0.3) is 44.3 Å². The first-order valence-electron chi connectivity index (χ1n) is 14.2. The van der Waals surface area contributed by atoms with E-state index >= 15 is 0 Å². The van der Waals surface area contributed by atoms with Crippen LogP contribution in [-0.4, -0.2) is 0 Å². The van der Waals surface area contributed by atoms with Gasteiger partial charge in [-0.1, -0.05) is 73.9 Å². The van der Waals surface area contributed by atoms with E-state index in [0.717, 1.165) is 70.0 Å². The molecule has 2 aromatic heterocycles. The Bertz CT molecular complexity index is 1680. The number of aryl methyl sites for hydroxylation is 3. The Hall–Kier alpha value is -3.39. The van der Waals surface area contributed by atoms with E-state index in [9.17, 15) is 1.37 Å². The number of furan rings is 1. The summed E-state index contributed by atoms with van der Waals surface area (Å²) in [5, 5.41) is 1.92. The van der Waals surface area contributed by atoms with Crippen molar-refractivity contribution < 1.29 is 14.5 Å². The molecule has 0 amide bonds. The van der Waals surface area contributed by atoms with Crippen LogP contribution in [0.15, 0.2) is 77.3 Å². The van der Waals surface area contributed by atoms with E-state index < -0.39 is 12.7 Å². The summed E-state index contributed by atoms with van der Waals surface area (Å²) in [4.78, 5) is 0. The van der Waals surface area contributed by atoms with Crippen LogP contribution in [0, 0.1) is 13.8 Å². The molecule has 0 aliphatic heterocycles. The Kier molecular flexibility index (Phi) is 4.24. The van der Waals surface area contributed by atoms with Gasteiger partial charge < -0.3 is 4.42 Å². The van der Waals surface area contributed by atoms with E-state index in [0.29, 0.717) is 11.1 Å². The molecule has 2 nitrogen and oxygen atoms in total. The molecule has 1 saturated carbocycles. The first-order chi connectivity index (χ1) is 18.2. The number of aromatic nitrogens is 1. The number of rotatable bonds is 3. The molecule has 0 radical (unpaired) electrons. The first-order valence-corrected chi connectivity index (χ1v) is 12.2. The minimum atomic E-state index is -2.30. The number of nitrogens with zero attached hydrogens (tertiary/aromatic N) is 1. The van der Waals surface area contributed by atoms with Gasteiger partial charge in [0.15, 0.2) is 6.20 Å². The number of hydrogen-bond donors (Lipinski definition) is 0. The summed E-state index contributed by atoms with van der Waals surface area (Å²) in [5.74, 6) is -0.659. The molecule has 0 atom stereocenters. The lowest BCUT2D eigenvalue weighted by Gasteiger charge is -2.21. The molecular weight excluding hydrogens is 414 g/mol. The lowest BCUT2D eigenvalue weighted by atomic mass is 9.83. The average molecular weight is 451 g/mol. The van der Waals surface area contributed by atoms with Crippen LogP contribution in [0.3, 0.4) is 0 Å². The predicted octanol–water partition coefficient (Wildman–Crippen LogP) is 8.41. The van der Waals surface area contributed by atoms with E-state index in [1.165, 1.54) is 6.42 Å². The zero-order chi connectivity index (χ0) is 26.7. The van der Waals surface area contributed by atoms with Gasteiger partial charge in [0.1, 0.15) is 18.2 Å². The molecule has 2 heterocycles. The Morgan fingerprint density at radius 3 is 2.35 bits per heavy atom. The van der Waals surface area contributed by atoms with Crippen molar-refractivity contribution >= 4 is 21.9 Å². The molecule has 5 aromatic rings. The van der Waals surface area contributed by atoms with Crippen molar-refractivity contribution in [2.75, 3.05) is 0 Å². The average Bonchev–Trinajstić information content (AvgIpc) is 3.28. The van der Waals surface area contributed by atoms with Gasteiger partial charge in [0.05, 0.1) is 0 Å². The highest BCUT2D eigenvalue weighted by Crippen LogP contribution is 2.42. The van der Waals surface area contributed by atoms with Gasteiger partial charge in [-0.05, 0) is 49.7 Å². The Balaban J connectivity index is 1.64. The van der Waals surface area contributed by atoms with Gasteiger partial charge >= 0.3 is 0 Å². The summed E-state index contributed by atoms with van der Waals surface area (Å²) in [6, 6.07) is 22.2. The second-order valence-corrected chi connectivity index (χ2v) is 9.54. The predicted molar refractivity (Wildman–Crippen MR) is 141 cm³/mol. The van der Waals surface area contributed by atoms with Crippen molar-refractivity contribution in [3.8, 4) is 22.4 Å². The smallest absolute Gasteiger partial charge is 0.213 e. The third-order valence-electron chi connectivity index (χ3n) is 7.35.